The van der Waals surface area contributed by atoms with Crippen molar-refractivity contribution >= 4 is 33.6 Å². The minimum absolute atomic E-state index is 0.337. The van der Waals surface area contributed by atoms with E-state index in [4.69, 9.17) is 14.3 Å². The molecular weight excluding hydrogens is 314 g/mol. The molecule has 0 radical (unpaired) electrons. The summed E-state index contributed by atoms with van der Waals surface area (Å²) in [6.07, 6.45) is 0. The van der Waals surface area contributed by atoms with E-state index in [1.54, 1.807) is 24.3 Å². The lowest BCUT2D eigenvalue weighted by atomic mass is 10.1. The van der Waals surface area contributed by atoms with Gasteiger partial charge in [0.25, 0.3) is 5.91 Å². The van der Waals surface area contributed by atoms with Crippen molar-refractivity contribution in [2.24, 2.45) is 0 Å². The summed E-state index contributed by atoms with van der Waals surface area (Å²) >= 11 is 0. The Morgan fingerprint density at radius 3 is 2.58 bits per heavy atom. The molecule has 1 heterocycles. The van der Waals surface area contributed by atoms with Crippen molar-refractivity contribution in [3.05, 3.63) is 52.9 Å². The van der Waals surface area contributed by atoms with Crippen molar-refractivity contribution in [3.8, 4) is 5.75 Å². The molecule has 0 bridgehead atoms. The lowest BCUT2D eigenvalue weighted by Gasteiger charge is -2.08. The summed E-state index contributed by atoms with van der Waals surface area (Å²) in [5.74, 6) is -1.36. The molecule has 3 aromatic rings. The van der Waals surface area contributed by atoms with Gasteiger partial charge in [-0.15, -0.1) is 0 Å². The molecule has 0 unspecified atom stereocenters. The van der Waals surface area contributed by atoms with E-state index in [1.807, 2.05) is 12.1 Å². The molecule has 2 aromatic carbocycles. The number of aliphatic carboxylic acids is 1. The molecule has 2 N–H and O–H groups in total. The molecule has 0 saturated heterocycles. The van der Waals surface area contributed by atoms with E-state index in [-0.39, 0.29) is 6.61 Å². The van der Waals surface area contributed by atoms with Crippen molar-refractivity contribution in [1.82, 2.24) is 5.32 Å². The standard InChI is InChI=1S/C17H13NO6/c19-15(18-8-16(20)21)9-23-10-5-6-12-11-3-1-2-4-13(11)17(22)24-14(12)7-10/h1-7H,8-9H2,(H,18,19)(H,20,21). The average Bonchev–Trinajstić information content (AvgIpc) is 2.58. The predicted molar refractivity (Wildman–Crippen MR) is 86.1 cm³/mol. The van der Waals surface area contributed by atoms with Crippen LogP contribution < -0.4 is 15.7 Å². The van der Waals surface area contributed by atoms with Gasteiger partial charge >= 0.3 is 11.6 Å². The lowest BCUT2D eigenvalue weighted by molar-refractivity contribution is -0.138. The van der Waals surface area contributed by atoms with E-state index in [0.717, 1.165) is 10.8 Å². The number of ether oxygens (including phenoxy) is 1. The monoisotopic (exact) mass is 327 g/mol. The molecule has 7 nitrogen and oxygen atoms in total. The van der Waals surface area contributed by atoms with Crippen LogP contribution >= 0.6 is 0 Å². The summed E-state index contributed by atoms with van der Waals surface area (Å²) in [6, 6.07) is 12.0. The molecule has 0 fully saturated rings. The van der Waals surface area contributed by atoms with Gasteiger partial charge in [0.1, 0.15) is 17.9 Å². The van der Waals surface area contributed by atoms with Crippen LogP contribution in [0.2, 0.25) is 0 Å². The Hall–Kier alpha value is -3.35. The normalized spacial score (nSPS) is 10.7. The first-order valence-corrected chi connectivity index (χ1v) is 7.11. The zero-order valence-electron chi connectivity index (χ0n) is 12.4. The second-order valence-electron chi connectivity index (χ2n) is 5.05. The van der Waals surface area contributed by atoms with Crippen molar-refractivity contribution < 1.29 is 23.8 Å². The summed E-state index contributed by atoms with van der Waals surface area (Å²) in [4.78, 5) is 33.8. The Morgan fingerprint density at radius 1 is 1.08 bits per heavy atom. The van der Waals surface area contributed by atoms with Gasteiger partial charge in [0.05, 0.1) is 5.39 Å². The smallest absolute Gasteiger partial charge is 0.344 e. The van der Waals surface area contributed by atoms with Crippen LogP contribution in [0.15, 0.2) is 51.7 Å². The molecule has 24 heavy (non-hydrogen) atoms. The summed E-state index contributed by atoms with van der Waals surface area (Å²) in [5.41, 5.74) is -0.100. The molecule has 0 spiro atoms. The van der Waals surface area contributed by atoms with Gasteiger partial charge in [-0.2, -0.15) is 0 Å². The van der Waals surface area contributed by atoms with Gasteiger partial charge in [-0.1, -0.05) is 18.2 Å². The van der Waals surface area contributed by atoms with Crippen molar-refractivity contribution in [1.29, 1.82) is 0 Å². The molecule has 1 aromatic heterocycles. The fourth-order valence-electron chi connectivity index (χ4n) is 2.32. The molecule has 0 atom stereocenters. The number of carbonyl (C=O) groups is 2. The summed E-state index contributed by atoms with van der Waals surface area (Å²) < 4.78 is 10.6. The highest BCUT2D eigenvalue weighted by Gasteiger charge is 2.09. The largest absolute Gasteiger partial charge is 0.484 e. The second-order valence-corrected chi connectivity index (χ2v) is 5.05. The van der Waals surface area contributed by atoms with E-state index >= 15 is 0 Å². The van der Waals surface area contributed by atoms with Crippen LogP contribution in [0.1, 0.15) is 0 Å². The fourth-order valence-corrected chi connectivity index (χ4v) is 2.32. The molecule has 3 rings (SSSR count). The maximum atomic E-state index is 12.0. The Labute approximate surface area is 135 Å². The quantitative estimate of drug-likeness (QED) is 0.544. The van der Waals surface area contributed by atoms with Gasteiger partial charge in [0, 0.05) is 11.5 Å². The lowest BCUT2D eigenvalue weighted by Crippen LogP contribution is -2.33. The van der Waals surface area contributed by atoms with E-state index < -0.39 is 24.0 Å². The number of amides is 1. The number of hydrogen-bond acceptors (Lipinski definition) is 5. The topological polar surface area (TPSA) is 106 Å². The Kier molecular flexibility index (Phi) is 4.15. The second kappa shape index (κ2) is 6.41. The minimum Gasteiger partial charge on any atom is -0.484 e. The van der Waals surface area contributed by atoms with Crippen LogP contribution in [-0.2, 0) is 9.59 Å². The highest BCUT2D eigenvalue weighted by atomic mass is 16.5. The zero-order chi connectivity index (χ0) is 17.1. The number of carbonyl (C=O) groups excluding carboxylic acids is 1. The summed E-state index contributed by atoms with van der Waals surface area (Å²) in [5, 5.41) is 12.7. The van der Waals surface area contributed by atoms with Crippen LogP contribution in [0.25, 0.3) is 21.7 Å². The van der Waals surface area contributed by atoms with E-state index in [1.165, 1.54) is 6.07 Å². The number of benzene rings is 2. The van der Waals surface area contributed by atoms with Crippen LogP contribution in [0.4, 0.5) is 0 Å². The third-order valence-electron chi connectivity index (χ3n) is 3.40. The number of carboxylic acid groups (broad SMARTS) is 1. The average molecular weight is 327 g/mol. The molecule has 0 aliphatic heterocycles. The van der Waals surface area contributed by atoms with Crippen LogP contribution in [-0.4, -0.2) is 30.1 Å². The fraction of sp³-hybridized carbons (Fsp3) is 0.118. The third kappa shape index (κ3) is 3.19. The molecule has 0 aliphatic carbocycles. The zero-order valence-corrected chi connectivity index (χ0v) is 12.4. The number of carboxylic acids is 1. The van der Waals surface area contributed by atoms with Gasteiger partial charge in [-0.25, -0.2) is 4.79 Å². The van der Waals surface area contributed by atoms with Crippen LogP contribution in [0, 0.1) is 0 Å². The molecule has 7 heteroatoms. The number of nitrogens with one attached hydrogen (secondary N) is 1. The Bertz CT molecular complexity index is 991. The summed E-state index contributed by atoms with van der Waals surface area (Å²) in [7, 11) is 0. The summed E-state index contributed by atoms with van der Waals surface area (Å²) in [6.45, 7) is -0.808. The molecule has 0 saturated carbocycles. The van der Waals surface area contributed by atoms with Crippen LogP contribution in [0.5, 0.6) is 5.75 Å². The molecule has 0 aliphatic rings. The maximum absolute atomic E-state index is 12.0. The SMILES string of the molecule is O=C(O)CNC(=O)COc1ccc2c(c1)oc(=O)c1ccccc12. The minimum atomic E-state index is -1.14. The van der Waals surface area contributed by atoms with Gasteiger partial charge in [0.15, 0.2) is 6.61 Å². The predicted octanol–water partition coefficient (Wildman–Crippen LogP) is 1.53. The van der Waals surface area contributed by atoms with Crippen molar-refractivity contribution in [2.75, 3.05) is 13.2 Å². The van der Waals surface area contributed by atoms with Gasteiger partial charge in [0.2, 0.25) is 0 Å². The first-order valence-electron chi connectivity index (χ1n) is 7.11. The van der Waals surface area contributed by atoms with Gasteiger partial charge in [-0.3, -0.25) is 9.59 Å². The maximum Gasteiger partial charge on any atom is 0.344 e. The highest BCUT2D eigenvalue weighted by molar-refractivity contribution is 6.04. The van der Waals surface area contributed by atoms with Crippen LogP contribution in [0.3, 0.4) is 0 Å². The molecular formula is C17H13NO6. The molecule has 122 valence electrons. The molecule has 1 amide bonds. The highest BCUT2D eigenvalue weighted by Crippen LogP contribution is 2.26. The number of hydrogen-bond donors (Lipinski definition) is 2. The number of rotatable bonds is 5. The Balaban J connectivity index is 1.84. The van der Waals surface area contributed by atoms with Crippen molar-refractivity contribution in [3.63, 3.8) is 0 Å². The van der Waals surface area contributed by atoms with Gasteiger partial charge < -0.3 is 19.6 Å². The first kappa shape index (κ1) is 15.5. The Morgan fingerprint density at radius 2 is 1.83 bits per heavy atom. The third-order valence-corrected chi connectivity index (χ3v) is 3.40. The first-order chi connectivity index (χ1) is 11.5. The van der Waals surface area contributed by atoms with E-state index in [9.17, 15) is 14.4 Å². The van der Waals surface area contributed by atoms with E-state index in [0.29, 0.717) is 16.7 Å². The number of fused-ring (bicyclic) bond motifs is 3. The van der Waals surface area contributed by atoms with Crippen molar-refractivity contribution in [2.45, 2.75) is 0 Å². The van der Waals surface area contributed by atoms with Gasteiger partial charge in [-0.05, 0) is 23.6 Å². The van der Waals surface area contributed by atoms with E-state index in [2.05, 4.69) is 5.32 Å².